The van der Waals surface area contributed by atoms with Crippen molar-refractivity contribution in [1.82, 2.24) is 24.4 Å². The highest BCUT2D eigenvalue weighted by Crippen LogP contribution is 2.32. The lowest BCUT2D eigenvalue weighted by molar-refractivity contribution is -0.0229. The van der Waals surface area contributed by atoms with Crippen LogP contribution in [0, 0.1) is 0 Å². The van der Waals surface area contributed by atoms with Gasteiger partial charge >= 0.3 is 0 Å². The number of morpholine rings is 2. The first-order chi connectivity index (χ1) is 20.2. The zero-order valence-electron chi connectivity index (χ0n) is 23.0. The van der Waals surface area contributed by atoms with Crippen LogP contribution in [0.3, 0.4) is 0 Å². The summed E-state index contributed by atoms with van der Waals surface area (Å²) in [6, 6.07) is 16.4. The zero-order valence-corrected chi connectivity index (χ0v) is 23.7. The van der Waals surface area contributed by atoms with Crippen LogP contribution in [-0.2, 0) is 20.6 Å². The lowest BCUT2D eigenvalue weighted by Crippen LogP contribution is -2.38. The van der Waals surface area contributed by atoms with E-state index in [1.165, 1.54) is 0 Å². The Hall–Kier alpha value is -3.28. The molecule has 7 rings (SSSR count). The highest BCUT2D eigenvalue weighted by Gasteiger charge is 2.26. The molecule has 2 aromatic heterocycles. The molecule has 3 aliphatic rings. The van der Waals surface area contributed by atoms with Gasteiger partial charge in [0, 0.05) is 61.5 Å². The van der Waals surface area contributed by atoms with Gasteiger partial charge < -0.3 is 29.0 Å². The molecule has 11 heteroatoms. The molecule has 214 valence electrons. The largest absolute Gasteiger partial charge is 0.379 e. The summed E-state index contributed by atoms with van der Waals surface area (Å²) >= 11 is 6.11. The summed E-state index contributed by atoms with van der Waals surface area (Å²) in [5.41, 5.74) is 4.91. The van der Waals surface area contributed by atoms with Gasteiger partial charge in [-0.3, -0.25) is 4.90 Å². The summed E-state index contributed by atoms with van der Waals surface area (Å²) in [5, 5.41) is 4.14. The van der Waals surface area contributed by atoms with Gasteiger partial charge in [-0.2, -0.15) is 4.98 Å². The molecule has 3 aliphatic heterocycles. The van der Waals surface area contributed by atoms with Gasteiger partial charge in [0.1, 0.15) is 11.6 Å². The molecule has 0 radical (unpaired) electrons. The first-order valence-corrected chi connectivity index (χ1v) is 14.7. The molecule has 0 spiro atoms. The van der Waals surface area contributed by atoms with E-state index in [1.54, 1.807) is 0 Å². The molecule has 2 aromatic carbocycles. The highest BCUT2D eigenvalue weighted by atomic mass is 35.5. The van der Waals surface area contributed by atoms with Crippen molar-refractivity contribution in [2.75, 3.05) is 82.6 Å². The first kappa shape index (κ1) is 26.6. The van der Waals surface area contributed by atoms with Crippen molar-refractivity contribution < 1.29 is 14.2 Å². The number of fused-ring (bicyclic) bond motifs is 1. The van der Waals surface area contributed by atoms with Crippen LogP contribution in [0.1, 0.15) is 11.9 Å². The van der Waals surface area contributed by atoms with Gasteiger partial charge in [-0.25, -0.2) is 9.97 Å². The van der Waals surface area contributed by atoms with Crippen LogP contribution in [0.2, 0.25) is 5.02 Å². The van der Waals surface area contributed by atoms with Crippen LogP contribution >= 0.6 is 11.6 Å². The van der Waals surface area contributed by atoms with E-state index in [9.17, 15) is 0 Å². The molecule has 1 N–H and O–H groups in total. The van der Waals surface area contributed by atoms with E-state index in [-0.39, 0.29) is 0 Å². The van der Waals surface area contributed by atoms with Crippen molar-refractivity contribution in [3.05, 3.63) is 59.4 Å². The van der Waals surface area contributed by atoms with Crippen molar-refractivity contribution in [1.29, 1.82) is 0 Å². The summed E-state index contributed by atoms with van der Waals surface area (Å²) in [5.74, 6) is 2.53. The Balaban J connectivity index is 1.24. The van der Waals surface area contributed by atoms with Crippen LogP contribution in [-0.4, -0.2) is 96.8 Å². The number of halogens is 1. The average molecular weight is 576 g/mol. The minimum atomic E-state index is 0.298. The van der Waals surface area contributed by atoms with Crippen LogP contribution in [0.25, 0.3) is 22.3 Å². The fourth-order valence-corrected chi connectivity index (χ4v) is 5.70. The van der Waals surface area contributed by atoms with Crippen molar-refractivity contribution in [3.63, 3.8) is 0 Å². The summed E-state index contributed by atoms with van der Waals surface area (Å²) in [4.78, 5) is 19.6. The van der Waals surface area contributed by atoms with Gasteiger partial charge in [0.05, 0.1) is 62.4 Å². The molecule has 0 unspecified atom stereocenters. The number of imidazole rings is 1. The Kier molecular flexibility index (Phi) is 7.73. The first-order valence-electron chi connectivity index (χ1n) is 14.3. The number of benzene rings is 2. The van der Waals surface area contributed by atoms with Crippen molar-refractivity contribution in [2.45, 2.75) is 12.5 Å². The monoisotopic (exact) mass is 575 g/mol. The molecule has 0 saturated carbocycles. The molecule has 0 atom stereocenters. The Morgan fingerprint density at radius 1 is 0.829 bits per heavy atom. The quantitative estimate of drug-likeness (QED) is 0.332. The van der Waals surface area contributed by atoms with Gasteiger partial charge in [0.25, 0.3) is 0 Å². The Morgan fingerprint density at radius 2 is 1.59 bits per heavy atom. The van der Waals surface area contributed by atoms with Crippen molar-refractivity contribution >= 4 is 40.1 Å². The van der Waals surface area contributed by atoms with Crippen LogP contribution in [0.15, 0.2) is 48.5 Å². The number of aromatic nitrogens is 4. The fourth-order valence-electron chi connectivity index (χ4n) is 5.57. The maximum Gasteiger partial charge on any atom is 0.228 e. The van der Waals surface area contributed by atoms with E-state index in [0.29, 0.717) is 43.4 Å². The summed E-state index contributed by atoms with van der Waals surface area (Å²) in [7, 11) is 0. The number of hydrogen-bond acceptors (Lipinski definition) is 9. The third-order valence-electron chi connectivity index (χ3n) is 7.92. The SMILES string of the molecule is Clc1ccc(Nc2cc(-c3ccc4nc(CCN5CCOCC5)n(C5COC5)c4c3)nc(N3CCOCC3)n2)cc1. The summed E-state index contributed by atoms with van der Waals surface area (Å²) in [6.07, 6.45) is 0.893. The molecule has 0 amide bonds. The van der Waals surface area contributed by atoms with E-state index in [4.69, 9.17) is 40.8 Å². The Morgan fingerprint density at radius 3 is 2.32 bits per heavy atom. The smallest absolute Gasteiger partial charge is 0.228 e. The van der Waals surface area contributed by atoms with E-state index in [1.807, 2.05) is 30.3 Å². The normalized spacial score (nSPS) is 18.5. The molecular weight excluding hydrogens is 542 g/mol. The molecule has 5 heterocycles. The van der Waals surface area contributed by atoms with Gasteiger partial charge in [-0.05, 0) is 36.4 Å². The van der Waals surface area contributed by atoms with E-state index >= 15 is 0 Å². The topological polar surface area (TPSA) is 89.8 Å². The molecule has 41 heavy (non-hydrogen) atoms. The second kappa shape index (κ2) is 11.9. The van der Waals surface area contributed by atoms with Crippen molar-refractivity contribution in [2.24, 2.45) is 0 Å². The predicted octanol–water partition coefficient (Wildman–Crippen LogP) is 4.17. The maximum absolute atomic E-state index is 6.11. The average Bonchev–Trinajstić information content (AvgIpc) is 3.34. The standard InChI is InChI=1S/C30H34ClN7O3/c31-22-2-4-23(5-3-22)32-28-18-26(34-30(35-28)37-11-15-40-16-12-37)21-1-6-25-27(17-21)38(24-19-41-20-24)29(33-25)7-8-36-9-13-39-14-10-36/h1-6,17-18,24H,7-16,19-20H2,(H,32,34,35). The van der Waals surface area contributed by atoms with Gasteiger partial charge in [-0.15, -0.1) is 0 Å². The highest BCUT2D eigenvalue weighted by molar-refractivity contribution is 6.30. The van der Waals surface area contributed by atoms with Gasteiger partial charge in [-0.1, -0.05) is 17.7 Å². The second-order valence-corrected chi connectivity index (χ2v) is 11.1. The van der Waals surface area contributed by atoms with Gasteiger partial charge in [0.15, 0.2) is 0 Å². The Bertz CT molecular complexity index is 1500. The molecule has 0 aliphatic carbocycles. The lowest BCUT2D eigenvalue weighted by Gasteiger charge is -2.30. The van der Waals surface area contributed by atoms with Crippen LogP contribution in [0.4, 0.5) is 17.5 Å². The maximum atomic E-state index is 6.11. The number of ether oxygens (including phenoxy) is 3. The minimum Gasteiger partial charge on any atom is -0.379 e. The van der Waals surface area contributed by atoms with Crippen molar-refractivity contribution in [3.8, 4) is 11.3 Å². The third-order valence-corrected chi connectivity index (χ3v) is 8.18. The summed E-state index contributed by atoms with van der Waals surface area (Å²) in [6.45, 7) is 8.78. The predicted molar refractivity (Wildman–Crippen MR) is 159 cm³/mol. The van der Waals surface area contributed by atoms with Gasteiger partial charge in [0.2, 0.25) is 5.95 Å². The second-order valence-electron chi connectivity index (χ2n) is 10.7. The zero-order chi connectivity index (χ0) is 27.6. The van der Waals surface area contributed by atoms with E-state index < -0.39 is 0 Å². The number of hydrogen-bond donors (Lipinski definition) is 1. The molecule has 4 aromatic rings. The number of nitrogens with zero attached hydrogens (tertiary/aromatic N) is 6. The molecule has 3 fully saturated rings. The lowest BCUT2D eigenvalue weighted by atomic mass is 10.1. The van der Waals surface area contributed by atoms with E-state index in [2.05, 4.69) is 37.9 Å². The Labute approximate surface area is 244 Å². The molecular formula is C30H34ClN7O3. The van der Waals surface area contributed by atoms with Crippen LogP contribution < -0.4 is 10.2 Å². The molecule has 0 bridgehead atoms. The number of rotatable bonds is 8. The minimum absolute atomic E-state index is 0.298. The van der Waals surface area contributed by atoms with Crippen LogP contribution in [0.5, 0.6) is 0 Å². The third kappa shape index (κ3) is 5.89. The fraction of sp³-hybridized carbons (Fsp3) is 0.433. The van der Waals surface area contributed by atoms with E-state index in [0.717, 1.165) is 92.0 Å². The number of anilines is 3. The molecule has 3 saturated heterocycles. The number of nitrogens with one attached hydrogen (secondary N) is 1. The summed E-state index contributed by atoms with van der Waals surface area (Å²) < 4.78 is 19.1. The molecule has 10 nitrogen and oxygen atoms in total.